The van der Waals surface area contributed by atoms with Crippen molar-refractivity contribution in [3.05, 3.63) is 24.1 Å². The van der Waals surface area contributed by atoms with Crippen LogP contribution in [0.1, 0.15) is 6.92 Å². The number of ether oxygens (including phenoxy) is 1. The van der Waals surface area contributed by atoms with Crippen LogP contribution in [0.4, 0.5) is 0 Å². The molecular weight excluding hydrogens is 114 g/mol. The average molecular weight is 127 g/mol. The molecule has 0 amide bonds. The summed E-state index contributed by atoms with van der Waals surface area (Å²) in [5.74, 6) is 0.668. The summed E-state index contributed by atoms with van der Waals surface area (Å²) in [6.07, 6.45) is 1.83. The highest BCUT2D eigenvalue weighted by Gasteiger charge is 1.84. The summed E-state index contributed by atoms with van der Waals surface area (Å²) >= 11 is 0. The molecule has 0 heterocycles. The average Bonchev–Trinajstić information content (AvgIpc) is 1.87. The Hall–Kier alpha value is -0.920. The van der Waals surface area contributed by atoms with Crippen molar-refractivity contribution in [1.29, 1.82) is 0 Å². The van der Waals surface area contributed by atoms with Gasteiger partial charge in [-0.15, -0.1) is 0 Å². The van der Waals surface area contributed by atoms with Crippen LogP contribution < -0.4 is 5.32 Å². The molecule has 1 N–H and O–H groups in total. The van der Waals surface area contributed by atoms with Crippen molar-refractivity contribution in [2.24, 2.45) is 0 Å². The fourth-order valence-electron chi connectivity index (χ4n) is 0.373. The van der Waals surface area contributed by atoms with Crippen molar-refractivity contribution in [3.63, 3.8) is 0 Å². The number of hydrogen-bond donors (Lipinski definition) is 1. The minimum atomic E-state index is 0.668. The van der Waals surface area contributed by atoms with Gasteiger partial charge < -0.3 is 10.1 Å². The molecule has 0 aromatic carbocycles. The highest BCUT2D eigenvalue weighted by Crippen LogP contribution is 1.95. The van der Waals surface area contributed by atoms with E-state index in [2.05, 4.69) is 11.9 Å². The van der Waals surface area contributed by atoms with Gasteiger partial charge in [0, 0.05) is 12.7 Å². The van der Waals surface area contributed by atoms with Crippen LogP contribution in [-0.2, 0) is 4.74 Å². The predicted molar refractivity (Wildman–Crippen MR) is 39.0 cm³/mol. The predicted octanol–water partition coefficient (Wildman–Crippen LogP) is 1.27. The van der Waals surface area contributed by atoms with Gasteiger partial charge in [0.2, 0.25) is 0 Å². The minimum absolute atomic E-state index is 0.668. The number of methoxy groups -OCH3 is 1. The Morgan fingerprint density at radius 1 is 1.67 bits per heavy atom. The fourth-order valence-corrected chi connectivity index (χ4v) is 0.373. The van der Waals surface area contributed by atoms with Crippen molar-refractivity contribution in [3.8, 4) is 0 Å². The lowest BCUT2D eigenvalue weighted by molar-refractivity contribution is 0.308. The maximum absolute atomic E-state index is 4.81. The molecule has 52 valence electrons. The van der Waals surface area contributed by atoms with Crippen LogP contribution in [0.15, 0.2) is 24.1 Å². The Bertz CT molecular complexity index is 127. The van der Waals surface area contributed by atoms with Gasteiger partial charge in [-0.25, -0.2) is 0 Å². The first-order valence-corrected chi connectivity index (χ1v) is 2.79. The molecule has 0 aliphatic heterocycles. The van der Waals surface area contributed by atoms with Crippen LogP contribution in [0, 0.1) is 0 Å². The van der Waals surface area contributed by atoms with Crippen molar-refractivity contribution in [2.75, 3.05) is 14.2 Å². The molecule has 0 aromatic heterocycles. The zero-order valence-electron chi connectivity index (χ0n) is 6.19. The molecule has 0 aliphatic rings. The van der Waals surface area contributed by atoms with Crippen LogP contribution in [0.5, 0.6) is 0 Å². The van der Waals surface area contributed by atoms with Crippen molar-refractivity contribution in [2.45, 2.75) is 6.92 Å². The van der Waals surface area contributed by atoms with Crippen LogP contribution in [0.3, 0.4) is 0 Å². The molecule has 0 rings (SSSR count). The van der Waals surface area contributed by atoms with E-state index in [0.717, 1.165) is 5.70 Å². The van der Waals surface area contributed by atoms with Crippen LogP contribution >= 0.6 is 0 Å². The Morgan fingerprint density at radius 3 is 2.56 bits per heavy atom. The molecule has 0 fully saturated rings. The van der Waals surface area contributed by atoms with E-state index in [1.165, 1.54) is 0 Å². The monoisotopic (exact) mass is 127 g/mol. The molecule has 0 aliphatic carbocycles. The lowest BCUT2D eigenvalue weighted by Gasteiger charge is -2.00. The molecule has 0 unspecified atom stereocenters. The lowest BCUT2D eigenvalue weighted by Crippen LogP contribution is -2.01. The maximum atomic E-state index is 4.81. The Morgan fingerprint density at radius 2 is 2.22 bits per heavy atom. The molecule has 0 saturated carbocycles. The molecule has 0 radical (unpaired) electrons. The maximum Gasteiger partial charge on any atom is 0.113 e. The third kappa shape index (κ3) is 3.64. The van der Waals surface area contributed by atoms with Crippen molar-refractivity contribution < 1.29 is 4.74 Å². The largest absolute Gasteiger partial charge is 0.497 e. The van der Waals surface area contributed by atoms with Gasteiger partial charge in [-0.05, 0) is 13.0 Å². The summed E-state index contributed by atoms with van der Waals surface area (Å²) in [5, 5.41) is 2.95. The van der Waals surface area contributed by atoms with E-state index in [1.54, 1.807) is 7.11 Å². The van der Waals surface area contributed by atoms with E-state index in [4.69, 9.17) is 4.74 Å². The molecule has 0 bridgehead atoms. The molecule has 0 saturated heterocycles. The molecule has 2 heteroatoms. The molecular formula is C7H13NO. The van der Waals surface area contributed by atoms with Gasteiger partial charge in [0.05, 0.1) is 7.11 Å². The van der Waals surface area contributed by atoms with Crippen LogP contribution in [0.25, 0.3) is 0 Å². The SMILES string of the molecule is C=C(/C=C(\C)NC)OC. The Kier molecular flexibility index (Phi) is 3.60. The van der Waals surface area contributed by atoms with E-state index in [0.29, 0.717) is 5.76 Å². The highest BCUT2D eigenvalue weighted by molar-refractivity contribution is 5.12. The van der Waals surface area contributed by atoms with Crippen molar-refractivity contribution >= 4 is 0 Å². The van der Waals surface area contributed by atoms with E-state index >= 15 is 0 Å². The smallest absolute Gasteiger partial charge is 0.113 e. The normalized spacial score (nSPS) is 10.8. The minimum Gasteiger partial charge on any atom is -0.497 e. The van der Waals surface area contributed by atoms with Gasteiger partial charge >= 0.3 is 0 Å². The number of rotatable bonds is 3. The van der Waals surface area contributed by atoms with Gasteiger partial charge in [-0.3, -0.25) is 0 Å². The molecule has 9 heavy (non-hydrogen) atoms. The summed E-state index contributed by atoms with van der Waals surface area (Å²) in [6.45, 7) is 5.57. The standard InChI is InChI=1S/C7H13NO/c1-6(8-3)5-7(2)9-4/h5,8H,2H2,1,3-4H3/b6-5+. The molecule has 0 atom stereocenters. The summed E-state index contributed by atoms with van der Waals surface area (Å²) in [7, 11) is 3.45. The molecule has 0 aromatic rings. The quantitative estimate of drug-likeness (QED) is 0.455. The second-order valence-corrected chi connectivity index (χ2v) is 1.75. The second-order valence-electron chi connectivity index (χ2n) is 1.75. The first-order valence-electron chi connectivity index (χ1n) is 2.79. The van der Waals surface area contributed by atoms with Crippen LogP contribution in [0.2, 0.25) is 0 Å². The fraction of sp³-hybridized carbons (Fsp3) is 0.429. The van der Waals surface area contributed by atoms with Gasteiger partial charge in [-0.2, -0.15) is 0 Å². The van der Waals surface area contributed by atoms with Gasteiger partial charge in [0.25, 0.3) is 0 Å². The highest BCUT2D eigenvalue weighted by atomic mass is 16.5. The van der Waals surface area contributed by atoms with E-state index in [-0.39, 0.29) is 0 Å². The lowest BCUT2D eigenvalue weighted by atomic mass is 10.4. The van der Waals surface area contributed by atoms with E-state index < -0.39 is 0 Å². The first kappa shape index (κ1) is 8.08. The zero-order valence-corrected chi connectivity index (χ0v) is 6.19. The Balaban J connectivity index is 3.79. The summed E-state index contributed by atoms with van der Waals surface area (Å²) in [5.41, 5.74) is 1.04. The number of nitrogens with one attached hydrogen (secondary N) is 1. The number of hydrogen-bond acceptors (Lipinski definition) is 2. The zero-order chi connectivity index (χ0) is 7.28. The summed E-state index contributed by atoms with van der Waals surface area (Å²) in [4.78, 5) is 0. The van der Waals surface area contributed by atoms with E-state index in [1.807, 2.05) is 20.0 Å². The second kappa shape index (κ2) is 4.01. The van der Waals surface area contributed by atoms with Crippen molar-refractivity contribution in [1.82, 2.24) is 5.32 Å². The van der Waals surface area contributed by atoms with Crippen LogP contribution in [-0.4, -0.2) is 14.2 Å². The number of allylic oxidation sites excluding steroid dienone is 2. The van der Waals surface area contributed by atoms with Gasteiger partial charge in [-0.1, -0.05) is 6.58 Å². The van der Waals surface area contributed by atoms with Gasteiger partial charge in [0.15, 0.2) is 0 Å². The van der Waals surface area contributed by atoms with E-state index in [9.17, 15) is 0 Å². The summed E-state index contributed by atoms with van der Waals surface area (Å²) < 4.78 is 4.81. The first-order chi connectivity index (χ1) is 4.20. The van der Waals surface area contributed by atoms with Gasteiger partial charge in [0.1, 0.15) is 5.76 Å². The third-order valence-corrected chi connectivity index (χ3v) is 1.03. The molecule has 2 nitrogen and oxygen atoms in total. The third-order valence-electron chi connectivity index (χ3n) is 1.03. The topological polar surface area (TPSA) is 21.3 Å². The Labute approximate surface area is 56.2 Å². The molecule has 0 spiro atoms. The summed E-state index contributed by atoms with van der Waals surface area (Å²) in [6, 6.07) is 0.